The number of carbonyl (C=O) groups excluding carboxylic acids is 1. The molecule has 0 radical (unpaired) electrons. The molecular formula is C35H37LiN10O5. The van der Waals surface area contributed by atoms with Gasteiger partial charge in [-0.05, 0) is 49.9 Å². The van der Waals surface area contributed by atoms with Crippen molar-refractivity contribution in [3.63, 3.8) is 0 Å². The van der Waals surface area contributed by atoms with Gasteiger partial charge < -0.3 is 15.3 Å². The Balaban J connectivity index is 0.000000265. The van der Waals surface area contributed by atoms with Crippen LogP contribution < -0.4 is 18.9 Å². The maximum atomic E-state index is 11.6. The number of aromatic nitrogens is 10. The molecule has 6 aromatic rings. The molecule has 0 aliphatic heterocycles. The second-order valence-electron chi connectivity index (χ2n) is 11.7. The average molecular weight is 685 g/mol. The fourth-order valence-electron chi connectivity index (χ4n) is 5.36. The van der Waals surface area contributed by atoms with Crippen LogP contribution in [0.1, 0.15) is 83.0 Å². The van der Waals surface area contributed by atoms with Crippen molar-refractivity contribution >= 4 is 11.9 Å². The number of carbonyl (C=O) groups is 2. The molecule has 16 heteroatoms. The van der Waals surface area contributed by atoms with Gasteiger partial charge in [-0.15, -0.1) is 0 Å². The van der Waals surface area contributed by atoms with Gasteiger partial charge >= 0.3 is 30.8 Å². The molecule has 6 aromatic heterocycles. The number of pyridine rings is 2. The van der Waals surface area contributed by atoms with Crippen LogP contribution in [0, 0.1) is 13.8 Å². The Morgan fingerprint density at radius 1 is 0.706 bits per heavy atom. The van der Waals surface area contributed by atoms with Crippen molar-refractivity contribution in [1.29, 1.82) is 0 Å². The first-order chi connectivity index (χ1) is 23.5. The summed E-state index contributed by atoms with van der Waals surface area (Å²) in [6, 6.07) is 6.67. The van der Waals surface area contributed by atoms with Crippen molar-refractivity contribution in [2.45, 2.75) is 53.4 Å². The number of esters is 1. The SMILES string of the molecule is COC(=O)c1ccc(-c2nc(-n3ccnc3)nc(C)c2C(C)C)cn1.Cc1nc(-n2ccnc2)nc(-c2ccc(C(=O)O)nc2)c1C(C)C.[Li+].[OH-]. The number of aromatic carboxylic acids is 1. The molecule has 0 atom stereocenters. The largest absolute Gasteiger partial charge is 1.00 e. The van der Waals surface area contributed by atoms with Gasteiger partial charge in [0.05, 0.1) is 18.5 Å². The zero-order valence-electron chi connectivity index (χ0n) is 29.7. The molecule has 0 bridgehead atoms. The van der Waals surface area contributed by atoms with Gasteiger partial charge in [-0.3, -0.25) is 9.13 Å². The fraction of sp³-hybridized carbons (Fsp3) is 0.257. The predicted octanol–water partition coefficient (Wildman–Crippen LogP) is 2.62. The Morgan fingerprint density at radius 2 is 1.14 bits per heavy atom. The van der Waals surface area contributed by atoms with Gasteiger partial charge in [-0.1, -0.05) is 27.7 Å². The summed E-state index contributed by atoms with van der Waals surface area (Å²) in [5, 5.41) is 9.00. The Kier molecular flexibility index (Phi) is 13.5. The Labute approximate surface area is 306 Å². The van der Waals surface area contributed by atoms with Gasteiger partial charge in [0, 0.05) is 70.8 Å². The molecular weight excluding hydrogens is 647 g/mol. The number of methoxy groups -OCH3 is 1. The van der Waals surface area contributed by atoms with Gasteiger partial charge in [0.1, 0.15) is 24.0 Å². The molecule has 0 amide bonds. The molecule has 0 aromatic carbocycles. The van der Waals surface area contributed by atoms with Crippen molar-refractivity contribution in [2.24, 2.45) is 0 Å². The third-order valence-electron chi connectivity index (χ3n) is 7.56. The summed E-state index contributed by atoms with van der Waals surface area (Å²) in [7, 11) is 1.33. The summed E-state index contributed by atoms with van der Waals surface area (Å²) >= 11 is 0. The number of aryl methyl sites for hydroxylation is 2. The minimum atomic E-state index is -1.05. The smallest absolute Gasteiger partial charge is 0.870 e. The first-order valence-electron chi connectivity index (χ1n) is 15.5. The summed E-state index contributed by atoms with van der Waals surface area (Å²) in [6.45, 7) is 12.3. The third kappa shape index (κ3) is 8.95. The standard InChI is InChI=1S/C18H19N5O2.C17H17N5O2.Li.H2O/c1-11(2)15-12(3)21-18(23-8-7-19-10-23)22-16(15)13-5-6-14(20-9-13)17(24)25-4;1-10(2)14-11(3)20-17(22-7-6-18-9-22)21-15(14)12-4-5-13(16(23)24)19-8-12;;/h5-11H,1-4H3;4-10H,1-3H3,(H,23,24);;1H2/q;;+1;/p-1. The number of carboxylic acid groups (broad SMARTS) is 1. The van der Waals surface area contributed by atoms with E-state index < -0.39 is 11.9 Å². The number of nitrogens with zero attached hydrogens (tertiary/aromatic N) is 10. The first kappa shape index (κ1) is 39.8. The molecule has 6 heterocycles. The van der Waals surface area contributed by atoms with Gasteiger partial charge in [0.25, 0.3) is 0 Å². The summed E-state index contributed by atoms with van der Waals surface area (Å²) in [5.41, 5.74) is 7.25. The number of hydrogen-bond acceptors (Lipinski definition) is 12. The number of imidazole rings is 2. The van der Waals surface area contributed by atoms with Crippen LogP contribution in [0.2, 0.25) is 0 Å². The Morgan fingerprint density at radius 3 is 1.45 bits per heavy atom. The van der Waals surface area contributed by atoms with Crippen molar-refractivity contribution in [3.05, 3.63) is 108 Å². The minimum absolute atomic E-state index is 0. The van der Waals surface area contributed by atoms with E-state index in [-0.39, 0.29) is 47.6 Å². The second-order valence-corrected chi connectivity index (χ2v) is 11.7. The van der Waals surface area contributed by atoms with Gasteiger partial charge in [-0.25, -0.2) is 49.5 Å². The molecule has 0 spiro atoms. The van der Waals surface area contributed by atoms with E-state index in [1.165, 1.54) is 19.4 Å². The third-order valence-corrected chi connectivity index (χ3v) is 7.56. The van der Waals surface area contributed by atoms with Crippen LogP contribution in [-0.2, 0) is 4.74 Å². The van der Waals surface area contributed by atoms with Crippen LogP contribution in [-0.4, -0.2) is 78.6 Å². The predicted molar refractivity (Wildman–Crippen MR) is 183 cm³/mol. The first-order valence-corrected chi connectivity index (χ1v) is 15.5. The normalized spacial score (nSPS) is 10.5. The molecule has 6 rings (SSSR count). The van der Waals surface area contributed by atoms with E-state index in [9.17, 15) is 9.59 Å². The van der Waals surface area contributed by atoms with Crippen LogP contribution in [0.4, 0.5) is 0 Å². The molecule has 0 fully saturated rings. The van der Waals surface area contributed by atoms with Crippen molar-refractivity contribution < 1.29 is 43.8 Å². The summed E-state index contributed by atoms with van der Waals surface area (Å²) in [6.07, 6.45) is 13.4. The van der Waals surface area contributed by atoms with Crippen molar-refractivity contribution in [1.82, 2.24) is 49.0 Å². The fourth-order valence-corrected chi connectivity index (χ4v) is 5.36. The summed E-state index contributed by atoms with van der Waals surface area (Å²) in [5.74, 6) is 0.0125. The van der Waals surface area contributed by atoms with Crippen LogP contribution in [0.3, 0.4) is 0 Å². The van der Waals surface area contributed by atoms with Crippen LogP contribution in [0.15, 0.2) is 74.1 Å². The van der Waals surface area contributed by atoms with E-state index in [2.05, 4.69) is 62.6 Å². The van der Waals surface area contributed by atoms with Gasteiger partial charge in [0.15, 0.2) is 0 Å². The maximum absolute atomic E-state index is 11.6. The molecule has 0 aliphatic carbocycles. The zero-order chi connectivity index (χ0) is 35.2. The monoisotopic (exact) mass is 684 g/mol. The quantitative estimate of drug-likeness (QED) is 0.181. The molecule has 0 saturated heterocycles. The van der Waals surface area contributed by atoms with E-state index in [0.717, 1.165) is 45.0 Å². The van der Waals surface area contributed by atoms with Gasteiger partial charge in [-0.2, -0.15) is 0 Å². The molecule has 2 N–H and O–H groups in total. The Bertz CT molecular complexity index is 2070. The maximum Gasteiger partial charge on any atom is 1.00 e. The summed E-state index contributed by atoms with van der Waals surface area (Å²) < 4.78 is 8.19. The molecule has 51 heavy (non-hydrogen) atoms. The minimum Gasteiger partial charge on any atom is -0.870 e. The number of ether oxygens (including phenoxy) is 1. The topological polar surface area (TPSA) is 207 Å². The van der Waals surface area contributed by atoms with Gasteiger partial charge in [0.2, 0.25) is 11.9 Å². The molecule has 0 saturated carbocycles. The number of hydrogen-bond donors (Lipinski definition) is 1. The van der Waals surface area contributed by atoms with E-state index >= 15 is 0 Å². The Hall–Kier alpha value is -5.62. The zero-order valence-corrected chi connectivity index (χ0v) is 29.7. The second kappa shape index (κ2) is 17.3. The average Bonchev–Trinajstić information content (AvgIpc) is 3.83. The number of rotatable bonds is 8. The van der Waals surface area contributed by atoms with Crippen LogP contribution in [0.5, 0.6) is 0 Å². The van der Waals surface area contributed by atoms with Crippen molar-refractivity contribution in [3.8, 4) is 34.4 Å². The number of carboxylic acids is 1. The molecule has 0 aliphatic rings. The molecule has 258 valence electrons. The van der Waals surface area contributed by atoms with E-state index in [4.69, 9.17) is 14.8 Å². The van der Waals surface area contributed by atoms with E-state index in [1.807, 2.05) is 19.9 Å². The van der Waals surface area contributed by atoms with E-state index in [1.54, 1.807) is 64.9 Å². The molecule has 15 nitrogen and oxygen atoms in total. The summed E-state index contributed by atoms with van der Waals surface area (Å²) in [4.78, 5) is 57.4. The molecule has 0 unspecified atom stereocenters. The van der Waals surface area contributed by atoms with E-state index in [0.29, 0.717) is 11.9 Å². The van der Waals surface area contributed by atoms with Crippen LogP contribution >= 0.6 is 0 Å². The van der Waals surface area contributed by atoms with Crippen LogP contribution in [0.25, 0.3) is 34.4 Å². The van der Waals surface area contributed by atoms with Crippen molar-refractivity contribution in [2.75, 3.05) is 7.11 Å².